The van der Waals surface area contributed by atoms with Gasteiger partial charge in [0.25, 0.3) is 0 Å². The summed E-state index contributed by atoms with van der Waals surface area (Å²) in [6, 6.07) is 5.88. The highest BCUT2D eigenvalue weighted by Crippen LogP contribution is 2.33. The van der Waals surface area contributed by atoms with Crippen molar-refractivity contribution in [1.29, 1.82) is 0 Å². The molecule has 1 aromatic rings. The van der Waals surface area contributed by atoms with E-state index in [0.717, 1.165) is 25.2 Å². The Bertz CT molecular complexity index is 366. The number of hydrogen-bond acceptors (Lipinski definition) is 3. The molecule has 0 aromatic carbocycles. The minimum atomic E-state index is 0.385. The van der Waals surface area contributed by atoms with Crippen LogP contribution < -0.4 is 9.64 Å². The molecule has 0 unspecified atom stereocenters. The van der Waals surface area contributed by atoms with Gasteiger partial charge < -0.3 is 9.64 Å². The van der Waals surface area contributed by atoms with Gasteiger partial charge in [-0.15, -0.1) is 11.6 Å². The van der Waals surface area contributed by atoms with Gasteiger partial charge in [0.2, 0.25) is 5.88 Å². The lowest BCUT2D eigenvalue weighted by Crippen LogP contribution is -2.35. The van der Waals surface area contributed by atoms with Gasteiger partial charge in [-0.1, -0.05) is 6.07 Å². The molecule has 0 saturated heterocycles. The van der Waals surface area contributed by atoms with E-state index in [4.69, 9.17) is 16.3 Å². The molecule has 0 amide bonds. The quantitative estimate of drug-likeness (QED) is 0.756. The van der Waals surface area contributed by atoms with Crippen molar-refractivity contribution >= 4 is 17.4 Å². The highest BCUT2D eigenvalue weighted by molar-refractivity contribution is 6.21. The third-order valence-electron chi connectivity index (χ3n) is 3.10. The summed E-state index contributed by atoms with van der Waals surface area (Å²) in [7, 11) is 2.07. The molecular formula is C13H19ClN2O. The Morgan fingerprint density at radius 2 is 2.24 bits per heavy atom. The van der Waals surface area contributed by atoms with Crippen LogP contribution in [0.25, 0.3) is 0 Å². The largest absolute Gasteiger partial charge is 0.478 e. The maximum absolute atomic E-state index is 5.99. The molecule has 4 heteroatoms. The van der Waals surface area contributed by atoms with Gasteiger partial charge in [-0.05, 0) is 31.7 Å². The summed E-state index contributed by atoms with van der Waals surface area (Å²) < 4.78 is 5.40. The van der Waals surface area contributed by atoms with Crippen LogP contribution in [0, 0.1) is 5.92 Å². The van der Waals surface area contributed by atoms with Crippen molar-refractivity contribution in [2.45, 2.75) is 25.1 Å². The van der Waals surface area contributed by atoms with Gasteiger partial charge in [0.15, 0.2) is 0 Å². The monoisotopic (exact) mass is 254 g/mol. The maximum Gasteiger partial charge on any atom is 0.215 e. The molecule has 1 saturated carbocycles. The molecule has 0 atom stereocenters. The van der Waals surface area contributed by atoms with Crippen LogP contribution in [-0.2, 0) is 0 Å². The second-order valence-corrected chi connectivity index (χ2v) is 5.20. The fourth-order valence-corrected chi connectivity index (χ4v) is 2.63. The molecule has 1 aliphatic rings. The van der Waals surface area contributed by atoms with Gasteiger partial charge in [-0.25, -0.2) is 0 Å². The first kappa shape index (κ1) is 12.5. The number of hydrogen-bond donors (Lipinski definition) is 0. The van der Waals surface area contributed by atoms with Crippen LogP contribution >= 0.6 is 11.6 Å². The fourth-order valence-electron chi connectivity index (χ4n) is 2.13. The standard InChI is InChI=1S/C13H19ClN2O/c1-3-17-13-6-4-5-12(15-13)16(2)9-10-7-11(14)8-10/h4-6,10-11H,3,7-9H2,1-2H3. The SMILES string of the molecule is CCOc1cccc(N(C)CC2CC(Cl)C2)n1. The number of nitrogens with zero attached hydrogens (tertiary/aromatic N) is 2. The Kier molecular flexibility index (Phi) is 4.11. The van der Waals surface area contributed by atoms with E-state index in [-0.39, 0.29) is 0 Å². The van der Waals surface area contributed by atoms with Crippen LogP contribution in [0.5, 0.6) is 5.88 Å². The zero-order valence-corrected chi connectivity index (χ0v) is 11.2. The summed E-state index contributed by atoms with van der Waals surface area (Å²) in [6.07, 6.45) is 2.24. The summed E-state index contributed by atoms with van der Waals surface area (Å²) in [4.78, 5) is 6.64. The number of anilines is 1. The molecule has 0 radical (unpaired) electrons. The molecular weight excluding hydrogens is 236 g/mol. The first-order valence-corrected chi connectivity index (χ1v) is 6.57. The van der Waals surface area contributed by atoms with Crippen LogP contribution in [-0.4, -0.2) is 30.6 Å². The van der Waals surface area contributed by atoms with Gasteiger partial charge in [-0.3, -0.25) is 0 Å². The lowest BCUT2D eigenvalue weighted by Gasteiger charge is -2.34. The first-order valence-electron chi connectivity index (χ1n) is 6.14. The Labute approximate surface area is 108 Å². The predicted molar refractivity (Wildman–Crippen MR) is 71.0 cm³/mol. The van der Waals surface area contributed by atoms with Crippen molar-refractivity contribution in [3.05, 3.63) is 18.2 Å². The van der Waals surface area contributed by atoms with Crippen LogP contribution in [0.15, 0.2) is 18.2 Å². The minimum absolute atomic E-state index is 0.385. The van der Waals surface area contributed by atoms with Crippen LogP contribution in [0.2, 0.25) is 0 Å². The predicted octanol–water partition coefficient (Wildman–Crippen LogP) is 2.93. The van der Waals surface area contributed by atoms with Gasteiger partial charge >= 0.3 is 0 Å². The summed E-state index contributed by atoms with van der Waals surface area (Å²) in [5.74, 6) is 2.37. The minimum Gasteiger partial charge on any atom is -0.478 e. The summed E-state index contributed by atoms with van der Waals surface area (Å²) in [5, 5.41) is 0.385. The highest BCUT2D eigenvalue weighted by atomic mass is 35.5. The summed E-state index contributed by atoms with van der Waals surface area (Å²) in [5.41, 5.74) is 0. The third-order valence-corrected chi connectivity index (χ3v) is 3.46. The second-order valence-electron chi connectivity index (χ2n) is 4.58. The van der Waals surface area contributed by atoms with Crippen LogP contribution in [0.3, 0.4) is 0 Å². The Morgan fingerprint density at radius 1 is 1.47 bits per heavy atom. The smallest absolute Gasteiger partial charge is 0.215 e. The highest BCUT2D eigenvalue weighted by Gasteiger charge is 2.28. The van der Waals surface area contributed by atoms with Gasteiger partial charge in [0, 0.05) is 25.0 Å². The first-order chi connectivity index (χ1) is 8.19. The third kappa shape index (κ3) is 3.25. The summed E-state index contributed by atoms with van der Waals surface area (Å²) >= 11 is 5.99. The number of halogens is 1. The normalized spacial score (nSPS) is 23.0. The van der Waals surface area contributed by atoms with Crippen molar-refractivity contribution in [3.63, 3.8) is 0 Å². The number of ether oxygens (including phenoxy) is 1. The van der Waals surface area contributed by atoms with Crippen molar-refractivity contribution < 1.29 is 4.74 Å². The zero-order chi connectivity index (χ0) is 12.3. The van der Waals surface area contributed by atoms with E-state index in [1.807, 2.05) is 25.1 Å². The second kappa shape index (κ2) is 5.58. The molecule has 1 aromatic heterocycles. The molecule has 3 nitrogen and oxygen atoms in total. The van der Waals surface area contributed by atoms with E-state index >= 15 is 0 Å². The van der Waals surface area contributed by atoms with Crippen LogP contribution in [0.1, 0.15) is 19.8 Å². The molecule has 0 bridgehead atoms. The molecule has 0 N–H and O–H groups in total. The number of alkyl halides is 1. The van der Waals surface area contributed by atoms with Crippen molar-refractivity contribution in [3.8, 4) is 5.88 Å². The lowest BCUT2D eigenvalue weighted by molar-refractivity contribution is 0.322. The van der Waals surface area contributed by atoms with E-state index in [0.29, 0.717) is 23.8 Å². The Morgan fingerprint density at radius 3 is 2.88 bits per heavy atom. The maximum atomic E-state index is 5.99. The Balaban J connectivity index is 1.93. The van der Waals surface area contributed by atoms with Gasteiger partial charge in [-0.2, -0.15) is 4.98 Å². The average molecular weight is 255 g/mol. The fraction of sp³-hybridized carbons (Fsp3) is 0.615. The molecule has 17 heavy (non-hydrogen) atoms. The number of aromatic nitrogens is 1. The Hall–Kier alpha value is -0.960. The van der Waals surface area contributed by atoms with Gasteiger partial charge in [0.1, 0.15) is 5.82 Å². The average Bonchev–Trinajstić information content (AvgIpc) is 2.28. The molecule has 1 heterocycles. The zero-order valence-electron chi connectivity index (χ0n) is 10.4. The lowest BCUT2D eigenvalue weighted by atomic mass is 9.84. The van der Waals surface area contributed by atoms with Crippen molar-refractivity contribution in [1.82, 2.24) is 4.98 Å². The molecule has 0 spiro atoms. The van der Waals surface area contributed by atoms with E-state index < -0.39 is 0 Å². The molecule has 2 rings (SSSR count). The molecule has 1 fully saturated rings. The number of rotatable bonds is 5. The molecule has 1 aliphatic carbocycles. The summed E-state index contributed by atoms with van der Waals surface area (Å²) in [6.45, 7) is 3.63. The molecule has 94 valence electrons. The van der Waals surface area contributed by atoms with Crippen molar-refractivity contribution in [2.24, 2.45) is 5.92 Å². The molecule has 0 aliphatic heterocycles. The van der Waals surface area contributed by atoms with Crippen LogP contribution in [0.4, 0.5) is 5.82 Å². The van der Waals surface area contributed by atoms with E-state index in [9.17, 15) is 0 Å². The number of pyridine rings is 1. The van der Waals surface area contributed by atoms with E-state index in [2.05, 4.69) is 16.9 Å². The van der Waals surface area contributed by atoms with Crippen molar-refractivity contribution in [2.75, 3.05) is 25.1 Å². The van der Waals surface area contributed by atoms with Gasteiger partial charge in [0.05, 0.1) is 6.61 Å². The van der Waals surface area contributed by atoms with E-state index in [1.54, 1.807) is 0 Å². The van der Waals surface area contributed by atoms with E-state index in [1.165, 1.54) is 0 Å². The topological polar surface area (TPSA) is 25.4 Å².